The number of benzene rings is 1. The van der Waals surface area contributed by atoms with Crippen LogP contribution in [0.2, 0.25) is 0 Å². The van der Waals surface area contributed by atoms with Crippen LogP contribution >= 0.6 is 15.9 Å². The van der Waals surface area contributed by atoms with E-state index in [2.05, 4.69) is 26.6 Å². The van der Waals surface area contributed by atoms with Gasteiger partial charge in [-0.1, -0.05) is 0 Å². The summed E-state index contributed by atoms with van der Waals surface area (Å²) in [5.74, 6) is -1.44. The minimum absolute atomic E-state index is 0.000931. The maximum absolute atomic E-state index is 11.4. The molecular formula is C12H15BrN2O5. The van der Waals surface area contributed by atoms with Crippen LogP contribution in [0.25, 0.3) is 0 Å². The molecule has 110 valence electrons. The van der Waals surface area contributed by atoms with Crippen LogP contribution in [-0.2, 0) is 11.3 Å². The SMILES string of the molecule is O=C(O)CCCNC(=O)NCc1cc(O)c(O)c(Br)c1. The number of halogens is 1. The van der Waals surface area contributed by atoms with Crippen molar-refractivity contribution in [2.24, 2.45) is 0 Å². The van der Waals surface area contributed by atoms with Crippen LogP contribution in [0.1, 0.15) is 18.4 Å². The Labute approximate surface area is 123 Å². The summed E-state index contributed by atoms with van der Waals surface area (Å²) in [5, 5.41) is 32.2. The Morgan fingerprint density at radius 2 is 1.90 bits per heavy atom. The van der Waals surface area contributed by atoms with E-state index in [-0.39, 0.29) is 31.0 Å². The second-order valence-corrected chi connectivity index (χ2v) is 4.91. The third kappa shape index (κ3) is 5.35. The molecule has 0 fully saturated rings. The van der Waals surface area contributed by atoms with E-state index >= 15 is 0 Å². The first-order valence-electron chi connectivity index (χ1n) is 5.84. The van der Waals surface area contributed by atoms with Gasteiger partial charge in [0.1, 0.15) is 0 Å². The average Bonchev–Trinajstić information content (AvgIpc) is 2.38. The summed E-state index contributed by atoms with van der Waals surface area (Å²) in [4.78, 5) is 21.7. The zero-order chi connectivity index (χ0) is 15.1. The molecule has 1 aromatic carbocycles. The van der Waals surface area contributed by atoms with E-state index in [1.807, 2.05) is 0 Å². The van der Waals surface area contributed by atoms with Gasteiger partial charge in [0, 0.05) is 19.5 Å². The number of carbonyl (C=O) groups excluding carboxylic acids is 1. The maximum Gasteiger partial charge on any atom is 0.315 e. The smallest absolute Gasteiger partial charge is 0.315 e. The highest BCUT2D eigenvalue weighted by Gasteiger charge is 2.08. The number of nitrogens with one attached hydrogen (secondary N) is 2. The molecule has 7 nitrogen and oxygen atoms in total. The zero-order valence-corrected chi connectivity index (χ0v) is 12.1. The van der Waals surface area contributed by atoms with Crippen molar-refractivity contribution in [1.29, 1.82) is 0 Å². The van der Waals surface area contributed by atoms with E-state index in [1.54, 1.807) is 6.07 Å². The molecule has 0 aliphatic carbocycles. The predicted molar refractivity (Wildman–Crippen MR) is 74.6 cm³/mol. The number of phenolic OH excluding ortho intramolecular Hbond substituents is 2. The lowest BCUT2D eigenvalue weighted by molar-refractivity contribution is -0.137. The Morgan fingerprint density at radius 3 is 2.50 bits per heavy atom. The van der Waals surface area contributed by atoms with Gasteiger partial charge in [-0.25, -0.2) is 4.79 Å². The lowest BCUT2D eigenvalue weighted by Gasteiger charge is -2.09. The molecule has 0 saturated heterocycles. The molecule has 5 N–H and O–H groups in total. The summed E-state index contributed by atoms with van der Waals surface area (Å²) in [7, 11) is 0. The Bertz CT molecular complexity index is 484. The number of carbonyl (C=O) groups is 2. The summed E-state index contributed by atoms with van der Waals surface area (Å²) in [6, 6.07) is 2.48. The molecule has 8 heteroatoms. The predicted octanol–water partition coefficient (Wildman–Crippen LogP) is 1.52. The van der Waals surface area contributed by atoms with Crippen molar-refractivity contribution in [2.75, 3.05) is 6.54 Å². The van der Waals surface area contributed by atoms with Crippen LogP contribution in [0.15, 0.2) is 16.6 Å². The first-order chi connectivity index (χ1) is 9.40. The van der Waals surface area contributed by atoms with Gasteiger partial charge in [-0.3, -0.25) is 4.79 Å². The third-order valence-corrected chi connectivity index (χ3v) is 3.01. The largest absolute Gasteiger partial charge is 0.504 e. The van der Waals surface area contributed by atoms with Gasteiger partial charge in [0.15, 0.2) is 11.5 Å². The minimum atomic E-state index is -0.906. The highest BCUT2D eigenvalue weighted by molar-refractivity contribution is 9.10. The number of phenols is 2. The van der Waals surface area contributed by atoms with Crippen molar-refractivity contribution in [2.45, 2.75) is 19.4 Å². The normalized spacial score (nSPS) is 10.1. The zero-order valence-electron chi connectivity index (χ0n) is 10.5. The van der Waals surface area contributed by atoms with Crippen molar-refractivity contribution in [3.05, 3.63) is 22.2 Å². The molecule has 0 bridgehead atoms. The van der Waals surface area contributed by atoms with Gasteiger partial charge < -0.3 is 26.0 Å². The quantitative estimate of drug-likeness (QED) is 0.395. The molecular weight excluding hydrogens is 332 g/mol. The number of aromatic hydroxyl groups is 2. The highest BCUT2D eigenvalue weighted by atomic mass is 79.9. The molecule has 0 atom stereocenters. The van der Waals surface area contributed by atoms with Crippen LogP contribution in [0.4, 0.5) is 4.79 Å². The average molecular weight is 347 g/mol. The number of hydrogen-bond acceptors (Lipinski definition) is 4. The molecule has 1 aromatic rings. The van der Waals surface area contributed by atoms with Gasteiger partial charge in [-0.15, -0.1) is 0 Å². The summed E-state index contributed by atoms with van der Waals surface area (Å²) >= 11 is 3.07. The molecule has 0 spiro atoms. The van der Waals surface area contributed by atoms with Gasteiger partial charge in [0.25, 0.3) is 0 Å². The topological polar surface area (TPSA) is 119 Å². The van der Waals surface area contributed by atoms with Gasteiger partial charge in [0.05, 0.1) is 4.47 Å². The van der Waals surface area contributed by atoms with E-state index in [4.69, 9.17) is 5.11 Å². The number of urea groups is 1. The molecule has 0 unspecified atom stereocenters. The van der Waals surface area contributed by atoms with Crippen molar-refractivity contribution in [3.8, 4) is 11.5 Å². The van der Waals surface area contributed by atoms with E-state index in [0.717, 1.165) is 0 Å². The van der Waals surface area contributed by atoms with Gasteiger partial charge >= 0.3 is 12.0 Å². The minimum Gasteiger partial charge on any atom is -0.504 e. The van der Waals surface area contributed by atoms with Crippen molar-refractivity contribution in [1.82, 2.24) is 10.6 Å². The first kappa shape index (κ1) is 16.1. The molecule has 1 rings (SSSR count). The fourth-order valence-electron chi connectivity index (χ4n) is 1.43. The molecule has 0 radical (unpaired) electrons. The Hall–Kier alpha value is -1.96. The van der Waals surface area contributed by atoms with Crippen molar-refractivity contribution < 1.29 is 24.9 Å². The third-order valence-electron chi connectivity index (χ3n) is 2.41. The molecule has 20 heavy (non-hydrogen) atoms. The number of rotatable bonds is 6. The second-order valence-electron chi connectivity index (χ2n) is 4.05. The van der Waals surface area contributed by atoms with Gasteiger partial charge in [-0.2, -0.15) is 0 Å². The summed E-state index contributed by atoms with van der Waals surface area (Å²) in [6.07, 6.45) is 0.355. The lowest BCUT2D eigenvalue weighted by Crippen LogP contribution is -2.35. The van der Waals surface area contributed by atoms with E-state index in [1.165, 1.54) is 6.07 Å². The van der Waals surface area contributed by atoms with Crippen molar-refractivity contribution >= 4 is 27.9 Å². The summed E-state index contributed by atoms with van der Waals surface area (Å²) in [6.45, 7) is 0.430. The van der Waals surface area contributed by atoms with E-state index < -0.39 is 12.0 Å². The second kappa shape index (κ2) is 7.59. The lowest BCUT2D eigenvalue weighted by atomic mass is 10.2. The van der Waals surface area contributed by atoms with Gasteiger partial charge in [0.2, 0.25) is 0 Å². The number of carboxylic acids is 1. The number of carboxylic acid groups (broad SMARTS) is 1. The molecule has 2 amide bonds. The molecule has 0 heterocycles. The molecule has 0 aliphatic rings. The molecule has 0 aliphatic heterocycles. The van der Waals surface area contributed by atoms with Crippen LogP contribution in [0.5, 0.6) is 11.5 Å². The van der Waals surface area contributed by atoms with E-state index in [9.17, 15) is 19.8 Å². The summed E-state index contributed by atoms with van der Waals surface area (Å²) in [5.41, 5.74) is 0.605. The monoisotopic (exact) mass is 346 g/mol. The fourth-order valence-corrected chi connectivity index (χ4v) is 1.92. The Balaban J connectivity index is 2.36. The van der Waals surface area contributed by atoms with Crippen molar-refractivity contribution in [3.63, 3.8) is 0 Å². The maximum atomic E-state index is 11.4. The first-order valence-corrected chi connectivity index (χ1v) is 6.63. The number of amides is 2. The fraction of sp³-hybridized carbons (Fsp3) is 0.333. The van der Waals surface area contributed by atoms with Gasteiger partial charge in [-0.05, 0) is 40.0 Å². The number of hydrogen-bond donors (Lipinski definition) is 5. The standard InChI is InChI=1S/C12H15BrN2O5/c13-8-4-7(5-9(16)11(8)19)6-15-12(20)14-3-1-2-10(17)18/h4-5,16,19H,1-3,6H2,(H,17,18)(H2,14,15,20). The Kier molecular flexibility index (Phi) is 6.10. The summed E-state index contributed by atoms with van der Waals surface area (Å²) < 4.78 is 0.330. The molecule has 0 aromatic heterocycles. The van der Waals surface area contributed by atoms with Crippen LogP contribution in [-0.4, -0.2) is 33.9 Å². The Morgan fingerprint density at radius 1 is 1.20 bits per heavy atom. The van der Waals surface area contributed by atoms with Crippen LogP contribution in [0, 0.1) is 0 Å². The van der Waals surface area contributed by atoms with Crippen LogP contribution in [0.3, 0.4) is 0 Å². The van der Waals surface area contributed by atoms with E-state index in [0.29, 0.717) is 16.5 Å². The molecule has 0 saturated carbocycles. The number of aliphatic carboxylic acids is 1. The van der Waals surface area contributed by atoms with Crippen LogP contribution < -0.4 is 10.6 Å². The highest BCUT2D eigenvalue weighted by Crippen LogP contribution is 2.34.